The number of hydrogen-bond acceptors (Lipinski definition) is 8. The average molecular weight is 418 g/mol. The van der Waals surface area contributed by atoms with Crippen LogP contribution < -0.4 is 11.2 Å². The van der Waals surface area contributed by atoms with E-state index in [0.29, 0.717) is 17.8 Å². The summed E-state index contributed by atoms with van der Waals surface area (Å²) in [6, 6.07) is 9.37. The number of hydroxylamine groups is 1. The highest BCUT2D eigenvalue weighted by Crippen LogP contribution is 2.30. The number of hydrogen-bond donors (Lipinski definition) is 3. The highest BCUT2D eigenvalue weighted by Gasteiger charge is 2.47. The topological polar surface area (TPSA) is 144 Å². The monoisotopic (exact) mass is 418 g/mol. The molecule has 0 unspecified atom stereocenters. The molecule has 2 heterocycles. The first-order valence-electron chi connectivity index (χ1n) is 8.83. The molecule has 1 aromatic heterocycles. The van der Waals surface area contributed by atoms with E-state index < -0.39 is 26.6 Å². The standard InChI is InChI=1S/C19H22N4O5S/c1-19(18(24)22-25,29(2,26)27)10-14-9-17(23-28-14)13-5-3-12(4-6-13)15-7-8-21-11-16(15)20/h3-8,11,14,25H,9-10,20H2,1-2H3,(H,22,24)/t14-,19-/m1/s1. The predicted molar refractivity (Wildman–Crippen MR) is 108 cm³/mol. The molecule has 29 heavy (non-hydrogen) atoms. The minimum atomic E-state index is -3.81. The summed E-state index contributed by atoms with van der Waals surface area (Å²) in [4.78, 5) is 21.3. The fourth-order valence-electron chi connectivity index (χ4n) is 3.19. The first-order chi connectivity index (χ1) is 13.7. The van der Waals surface area contributed by atoms with Crippen molar-refractivity contribution in [1.82, 2.24) is 10.5 Å². The van der Waals surface area contributed by atoms with Crippen LogP contribution in [0.25, 0.3) is 11.1 Å². The van der Waals surface area contributed by atoms with E-state index in [0.717, 1.165) is 22.9 Å². The summed E-state index contributed by atoms with van der Waals surface area (Å²) in [5.41, 5.74) is 11.2. The Hall–Kier alpha value is -2.98. The molecule has 0 saturated carbocycles. The molecule has 10 heteroatoms. The highest BCUT2D eigenvalue weighted by molar-refractivity contribution is 7.92. The third kappa shape index (κ3) is 4.08. The van der Waals surface area contributed by atoms with Gasteiger partial charge in [0.2, 0.25) is 0 Å². The van der Waals surface area contributed by atoms with Crippen molar-refractivity contribution in [1.29, 1.82) is 0 Å². The Morgan fingerprint density at radius 1 is 1.31 bits per heavy atom. The van der Waals surface area contributed by atoms with Gasteiger partial charge < -0.3 is 10.6 Å². The van der Waals surface area contributed by atoms with Crippen molar-refractivity contribution in [2.75, 3.05) is 12.0 Å². The summed E-state index contributed by atoms with van der Waals surface area (Å²) < 4.78 is 22.4. The van der Waals surface area contributed by atoms with Gasteiger partial charge in [0.05, 0.1) is 17.6 Å². The zero-order chi connectivity index (χ0) is 21.2. The molecule has 0 bridgehead atoms. The van der Waals surface area contributed by atoms with Gasteiger partial charge in [0.25, 0.3) is 5.91 Å². The first kappa shape index (κ1) is 20.7. The third-order valence-corrected chi connectivity index (χ3v) is 7.12. The fraction of sp³-hybridized carbons (Fsp3) is 0.316. The van der Waals surface area contributed by atoms with Gasteiger partial charge in [-0.3, -0.25) is 15.0 Å². The van der Waals surface area contributed by atoms with Crippen LogP contribution in [0.2, 0.25) is 0 Å². The van der Waals surface area contributed by atoms with Crippen LogP contribution >= 0.6 is 0 Å². The lowest BCUT2D eigenvalue weighted by Gasteiger charge is -2.26. The molecule has 9 nitrogen and oxygen atoms in total. The van der Waals surface area contributed by atoms with Gasteiger partial charge >= 0.3 is 0 Å². The third-order valence-electron chi connectivity index (χ3n) is 5.13. The van der Waals surface area contributed by atoms with E-state index in [1.165, 1.54) is 12.4 Å². The lowest BCUT2D eigenvalue weighted by atomic mass is 9.95. The van der Waals surface area contributed by atoms with Gasteiger partial charge in [0, 0.05) is 30.9 Å². The van der Waals surface area contributed by atoms with Crippen molar-refractivity contribution in [3.63, 3.8) is 0 Å². The number of nitrogens with zero attached hydrogens (tertiary/aromatic N) is 2. The number of nitrogens with one attached hydrogen (secondary N) is 1. The number of amides is 1. The summed E-state index contributed by atoms with van der Waals surface area (Å²) in [5.74, 6) is -1.00. The highest BCUT2D eigenvalue weighted by atomic mass is 32.2. The maximum atomic E-state index is 12.1. The van der Waals surface area contributed by atoms with Gasteiger partial charge in [-0.1, -0.05) is 29.4 Å². The summed E-state index contributed by atoms with van der Waals surface area (Å²) in [5, 5.41) is 13.0. The number of anilines is 1. The number of pyridine rings is 1. The molecule has 1 aliphatic heterocycles. The molecule has 0 spiro atoms. The van der Waals surface area contributed by atoms with E-state index in [9.17, 15) is 13.2 Å². The molecule has 1 amide bonds. The van der Waals surface area contributed by atoms with Gasteiger partial charge in [-0.15, -0.1) is 0 Å². The summed E-state index contributed by atoms with van der Waals surface area (Å²) in [6.07, 6.45) is 3.78. The maximum absolute atomic E-state index is 12.1. The average Bonchev–Trinajstić information content (AvgIpc) is 3.15. The van der Waals surface area contributed by atoms with Crippen LogP contribution in [0.4, 0.5) is 5.69 Å². The van der Waals surface area contributed by atoms with Crippen LogP contribution in [-0.2, 0) is 19.5 Å². The van der Waals surface area contributed by atoms with Crippen LogP contribution in [0.3, 0.4) is 0 Å². The number of nitrogens with two attached hydrogens (primary N) is 1. The van der Waals surface area contributed by atoms with Gasteiger partial charge in [0.1, 0.15) is 6.10 Å². The van der Waals surface area contributed by atoms with E-state index in [1.54, 1.807) is 12.4 Å². The van der Waals surface area contributed by atoms with Crippen molar-refractivity contribution >= 4 is 27.1 Å². The Bertz CT molecular complexity index is 1050. The molecule has 0 radical (unpaired) electrons. The molecule has 3 rings (SSSR count). The number of nitrogen functional groups attached to an aromatic ring is 1. The van der Waals surface area contributed by atoms with Crippen molar-refractivity contribution in [3.05, 3.63) is 48.3 Å². The molecule has 4 N–H and O–H groups in total. The zero-order valence-corrected chi connectivity index (χ0v) is 16.8. The quantitative estimate of drug-likeness (QED) is 0.476. The number of sulfone groups is 1. The van der Waals surface area contributed by atoms with Gasteiger partial charge in [-0.05, 0) is 24.1 Å². The number of carbonyl (C=O) groups excluding carboxylic acids is 1. The van der Waals surface area contributed by atoms with Crippen molar-refractivity contribution in [2.45, 2.75) is 30.6 Å². The van der Waals surface area contributed by atoms with Crippen molar-refractivity contribution in [2.24, 2.45) is 5.16 Å². The molecule has 0 fully saturated rings. The second-order valence-corrected chi connectivity index (χ2v) is 9.60. The summed E-state index contributed by atoms with van der Waals surface area (Å²) >= 11 is 0. The number of carbonyl (C=O) groups is 1. The minimum Gasteiger partial charge on any atom is -0.397 e. The largest absolute Gasteiger partial charge is 0.397 e. The molecular formula is C19H22N4O5S. The van der Waals surface area contributed by atoms with Crippen LogP contribution in [0, 0.1) is 0 Å². The smallest absolute Gasteiger partial charge is 0.264 e. The van der Waals surface area contributed by atoms with Crippen LogP contribution in [0.1, 0.15) is 25.3 Å². The van der Waals surface area contributed by atoms with Gasteiger partial charge in [-0.25, -0.2) is 13.9 Å². The van der Waals surface area contributed by atoms with Gasteiger partial charge in [-0.2, -0.15) is 0 Å². The van der Waals surface area contributed by atoms with Crippen LogP contribution in [-0.4, -0.2) is 47.3 Å². The van der Waals surface area contributed by atoms with E-state index >= 15 is 0 Å². The number of oxime groups is 1. The lowest BCUT2D eigenvalue weighted by Crippen LogP contribution is -2.51. The van der Waals surface area contributed by atoms with E-state index in [-0.39, 0.29) is 6.42 Å². The normalized spacial score (nSPS) is 18.4. The molecule has 2 aromatic rings. The summed E-state index contributed by atoms with van der Waals surface area (Å²) in [7, 11) is -3.81. The maximum Gasteiger partial charge on any atom is 0.264 e. The summed E-state index contributed by atoms with van der Waals surface area (Å²) in [6.45, 7) is 1.25. The predicted octanol–water partition coefficient (Wildman–Crippen LogP) is 1.52. The molecule has 154 valence electrons. The van der Waals surface area contributed by atoms with Crippen molar-refractivity contribution < 1.29 is 23.3 Å². The van der Waals surface area contributed by atoms with Crippen molar-refractivity contribution in [3.8, 4) is 11.1 Å². The molecule has 1 aliphatic rings. The molecular weight excluding hydrogens is 396 g/mol. The van der Waals surface area contributed by atoms with E-state index in [4.69, 9.17) is 15.8 Å². The number of benzene rings is 1. The SMILES string of the molecule is C[C@@](C[C@H]1CC(c2ccc(-c3ccncc3N)cc2)=NO1)(C(=O)NO)S(C)(=O)=O. The fourth-order valence-corrected chi connectivity index (χ4v) is 4.06. The second kappa shape index (κ2) is 7.80. The van der Waals surface area contributed by atoms with Crippen LogP contribution in [0.15, 0.2) is 47.9 Å². The Labute approximate surface area is 168 Å². The number of aromatic nitrogens is 1. The molecule has 0 aliphatic carbocycles. The Morgan fingerprint density at radius 3 is 2.55 bits per heavy atom. The molecule has 2 atom stereocenters. The molecule has 1 aromatic carbocycles. The minimum absolute atomic E-state index is 0.142. The lowest BCUT2D eigenvalue weighted by molar-refractivity contribution is -0.132. The zero-order valence-electron chi connectivity index (χ0n) is 16.0. The van der Waals surface area contributed by atoms with Gasteiger partial charge in [0.15, 0.2) is 14.6 Å². The Kier molecular flexibility index (Phi) is 5.58. The second-order valence-electron chi connectivity index (χ2n) is 7.16. The number of rotatable bonds is 6. The Morgan fingerprint density at radius 2 is 1.97 bits per heavy atom. The Balaban J connectivity index is 1.74. The van der Waals surface area contributed by atoms with E-state index in [2.05, 4.69) is 10.1 Å². The molecule has 0 saturated heterocycles. The van der Waals surface area contributed by atoms with E-state index in [1.807, 2.05) is 30.3 Å². The first-order valence-corrected chi connectivity index (χ1v) is 10.7. The van der Waals surface area contributed by atoms with Crippen LogP contribution in [0.5, 0.6) is 0 Å².